The molecule has 2 aromatic carbocycles. The van der Waals surface area contributed by atoms with Crippen LogP contribution >= 0.6 is 22.6 Å². The zero-order chi connectivity index (χ0) is 16.1. The highest BCUT2D eigenvalue weighted by molar-refractivity contribution is 14.1. The van der Waals surface area contributed by atoms with Gasteiger partial charge in [-0.05, 0) is 58.7 Å². The van der Waals surface area contributed by atoms with Crippen LogP contribution in [0.2, 0.25) is 0 Å². The largest absolute Gasteiger partial charge is 0.493 e. The average Bonchev–Trinajstić information content (AvgIpc) is 2.53. The van der Waals surface area contributed by atoms with Crippen molar-refractivity contribution in [3.8, 4) is 11.5 Å². The first-order valence-electron chi connectivity index (χ1n) is 8.03. The van der Waals surface area contributed by atoms with Gasteiger partial charge in [0.2, 0.25) is 0 Å². The lowest BCUT2D eigenvalue weighted by Crippen LogP contribution is -2.34. The Bertz CT molecular complexity index is 641. The molecule has 1 saturated carbocycles. The monoisotopic (exact) mass is 423 g/mol. The molecular formula is C19H22INO2. The Labute approximate surface area is 151 Å². The van der Waals surface area contributed by atoms with Crippen molar-refractivity contribution in [2.24, 2.45) is 0 Å². The molecule has 1 fully saturated rings. The van der Waals surface area contributed by atoms with Gasteiger partial charge in [-0.25, -0.2) is 0 Å². The van der Waals surface area contributed by atoms with Crippen molar-refractivity contribution in [2.45, 2.75) is 38.5 Å². The normalized spacial score (nSPS) is 14.3. The summed E-state index contributed by atoms with van der Waals surface area (Å²) in [5, 5.41) is 3.59. The zero-order valence-electron chi connectivity index (χ0n) is 13.3. The molecule has 3 rings (SSSR count). The SMILES string of the molecule is COc1cc(CNC2CCC2)cc(I)c1OCc1ccccc1. The highest BCUT2D eigenvalue weighted by Crippen LogP contribution is 2.34. The molecule has 0 spiro atoms. The van der Waals surface area contributed by atoms with E-state index in [0.717, 1.165) is 27.2 Å². The van der Waals surface area contributed by atoms with E-state index in [1.165, 1.54) is 24.8 Å². The average molecular weight is 423 g/mol. The third-order valence-electron chi connectivity index (χ3n) is 4.22. The summed E-state index contributed by atoms with van der Waals surface area (Å²) in [6, 6.07) is 15.1. The van der Waals surface area contributed by atoms with Gasteiger partial charge in [-0.2, -0.15) is 0 Å². The number of methoxy groups -OCH3 is 1. The van der Waals surface area contributed by atoms with Gasteiger partial charge in [0.25, 0.3) is 0 Å². The molecule has 1 N–H and O–H groups in total. The summed E-state index contributed by atoms with van der Waals surface area (Å²) in [4.78, 5) is 0. The van der Waals surface area contributed by atoms with Gasteiger partial charge < -0.3 is 14.8 Å². The minimum atomic E-state index is 0.548. The van der Waals surface area contributed by atoms with Crippen molar-refractivity contribution in [3.63, 3.8) is 0 Å². The van der Waals surface area contributed by atoms with Crippen LogP contribution in [0.1, 0.15) is 30.4 Å². The Morgan fingerprint density at radius 2 is 1.91 bits per heavy atom. The summed E-state index contributed by atoms with van der Waals surface area (Å²) in [7, 11) is 1.70. The van der Waals surface area contributed by atoms with E-state index in [-0.39, 0.29) is 0 Å². The molecule has 0 bridgehead atoms. The van der Waals surface area contributed by atoms with E-state index in [9.17, 15) is 0 Å². The molecule has 0 aliphatic heterocycles. The van der Waals surface area contributed by atoms with Gasteiger partial charge >= 0.3 is 0 Å². The molecule has 0 heterocycles. The van der Waals surface area contributed by atoms with E-state index in [0.29, 0.717) is 12.6 Å². The van der Waals surface area contributed by atoms with Crippen LogP contribution in [-0.4, -0.2) is 13.2 Å². The quantitative estimate of drug-likeness (QED) is 0.665. The molecule has 0 saturated heterocycles. The van der Waals surface area contributed by atoms with E-state index in [2.05, 4.69) is 52.2 Å². The van der Waals surface area contributed by atoms with Crippen molar-refractivity contribution in [1.29, 1.82) is 0 Å². The van der Waals surface area contributed by atoms with Gasteiger partial charge in [0.05, 0.1) is 10.7 Å². The number of ether oxygens (including phenoxy) is 2. The van der Waals surface area contributed by atoms with Crippen LogP contribution in [0.5, 0.6) is 11.5 Å². The van der Waals surface area contributed by atoms with Gasteiger partial charge in [-0.3, -0.25) is 0 Å². The van der Waals surface area contributed by atoms with Gasteiger partial charge in [-0.15, -0.1) is 0 Å². The van der Waals surface area contributed by atoms with Crippen molar-refractivity contribution in [2.75, 3.05) is 7.11 Å². The maximum Gasteiger partial charge on any atom is 0.174 e. The first kappa shape index (κ1) is 16.6. The van der Waals surface area contributed by atoms with Crippen LogP contribution in [0, 0.1) is 3.57 Å². The molecule has 0 amide bonds. The van der Waals surface area contributed by atoms with Crippen LogP contribution in [0.4, 0.5) is 0 Å². The number of halogens is 1. The van der Waals surface area contributed by atoms with E-state index >= 15 is 0 Å². The van der Waals surface area contributed by atoms with Crippen LogP contribution < -0.4 is 14.8 Å². The van der Waals surface area contributed by atoms with Gasteiger partial charge in [0, 0.05) is 12.6 Å². The molecule has 4 heteroatoms. The Balaban J connectivity index is 1.68. The maximum absolute atomic E-state index is 6.00. The smallest absolute Gasteiger partial charge is 0.174 e. The standard InChI is InChI=1S/C19H22INO2/c1-22-18-11-15(12-21-16-8-5-9-16)10-17(20)19(18)23-13-14-6-3-2-4-7-14/h2-4,6-7,10-11,16,21H,5,8-9,12-13H2,1H3. The fraction of sp³-hybridized carbons (Fsp3) is 0.368. The first-order valence-corrected chi connectivity index (χ1v) is 9.10. The van der Waals surface area contributed by atoms with E-state index in [1.54, 1.807) is 7.11 Å². The van der Waals surface area contributed by atoms with Crippen LogP contribution in [0.25, 0.3) is 0 Å². The summed E-state index contributed by atoms with van der Waals surface area (Å²) < 4.78 is 12.6. The number of hydrogen-bond acceptors (Lipinski definition) is 3. The first-order chi connectivity index (χ1) is 11.3. The molecule has 122 valence electrons. The predicted octanol–water partition coefficient (Wildman–Crippen LogP) is 4.52. The van der Waals surface area contributed by atoms with Gasteiger partial charge in [0.1, 0.15) is 6.61 Å². The molecule has 0 atom stereocenters. The molecule has 3 nitrogen and oxygen atoms in total. The third kappa shape index (κ3) is 4.38. The number of hydrogen-bond donors (Lipinski definition) is 1. The Morgan fingerprint density at radius 1 is 1.13 bits per heavy atom. The maximum atomic E-state index is 6.00. The second-order valence-corrected chi connectivity index (χ2v) is 7.05. The third-order valence-corrected chi connectivity index (χ3v) is 5.02. The second kappa shape index (κ2) is 8.02. The topological polar surface area (TPSA) is 30.5 Å². The Kier molecular flexibility index (Phi) is 5.78. The van der Waals surface area contributed by atoms with Crippen molar-refractivity contribution in [3.05, 3.63) is 57.2 Å². The van der Waals surface area contributed by atoms with E-state index < -0.39 is 0 Å². The predicted molar refractivity (Wildman–Crippen MR) is 101 cm³/mol. The molecule has 0 radical (unpaired) electrons. The lowest BCUT2D eigenvalue weighted by molar-refractivity contribution is 0.282. The summed E-state index contributed by atoms with van der Waals surface area (Å²) in [5.74, 6) is 1.63. The van der Waals surface area contributed by atoms with Crippen molar-refractivity contribution < 1.29 is 9.47 Å². The summed E-state index contributed by atoms with van der Waals surface area (Å²) in [6.07, 6.45) is 3.95. The van der Waals surface area contributed by atoms with Crippen molar-refractivity contribution >= 4 is 22.6 Å². The van der Waals surface area contributed by atoms with Gasteiger partial charge in [0.15, 0.2) is 11.5 Å². The van der Waals surface area contributed by atoms with Crippen LogP contribution in [0.3, 0.4) is 0 Å². The van der Waals surface area contributed by atoms with E-state index in [4.69, 9.17) is 9.47 Å². The fourth-order valence-corrected chi connectivity index (χ4v) is 3.44. The second-order valence-electron chi connectivity index (χ2n) is 5.89. The highest BCUT2D eigenvalue weighted by Gasteiger charge is 2.17. The van der Waals surface area contributed by atoms with Crippen LogP contribution in [-0.2, 0) is 13.2 Å². The fourth-order valence-electron chi connectivity index (χ4n) is 2.62. The summed E-state index contributed by atoms with van der Waals surface area (Å²) in [6.45, 7) is 1.43. The molecule has 1 aliphatic rings. The molecule has 1 aliphatic carbocycles. The Morgan fingerprint density at radius 3 is 2.57 bits per heavy atom. The minimum Gasteiger partial charge on any atom is -0.493 e. The van der Waals surface area contributed by atoms with Crippen molar-refractivity contribution in [1.82, 2.24) is 5.32 Å². The summed E-state index contributed by atoms with van der Waals surface area (Å²) in [5.41, 5.74) is 2.39. The Hall–Kier alpha value is -1.27. The summed E-state index contributed by atoms with van der Waals surface area (Å²) >= 11 is 2.33. The van der Waals surface area contributed by atoms with Gasteiger partial charge in [-0.1, -0.05) is 36.8 Å². The molecule has 0 unspecified atom stereocenters. The number of rotatable bonds is 7. The molecule has 23 heavy (non-hydrogen) atoms. The molecule has 0 aromatic heterocycles. The van der Waals surface area contributed by atoms with E-state index in [1.807, 2.05) is 18.2 Å². The van der Waals surface area contributed by atoms with Crippen LogP contribution in [0.15, 0.2) is 42.5 Å². The lowest BCUT2D eigenvalue weighted by atomic mass is 9.93. The minimum absolute atomic E-state index is 0.548. The number of benzene rings is 2. The zero-order valence-corrected chi connectivity index (χ0v) is 15.5. The molecule has 2 aromatic rings. The lowest BCUT2D eigenvalue weighted by Gasteiger charge is -2.26. The molecular weight excluding hydrogens is 401 g/mol. The number of nitrogens with one attached hydrogen (secondary N) is 1. The highest BCUT2D eigenvalue weighted by atomic mass is 127.